The highest BCUT2D eigenvalue weighted by atomic mass is 127. The molecule has 7 nitrogen and oxygen atoms in total. The third-order valence-electron chi connectivity index (χ3n) is 4.33. The average molecular weight is 570 g/mol. The smallest absolute Gasteiger partial charge is 0.387 e. The van der Waals surface area contributed by atoms with Gasteiger partial charge in [-0.2, -0.15) is 8.78 Å². The van der Waals surface area contributed by atoms with Gasteiger partial charge in [-0.15, -0.1) is 24.0 Å². The molecule has 176 valence electrons. The van der Waals surface area contributed by atoms with Crippen LogP contribution in [0.3, 0.4) is 0 Å². The molecule has 0 aliphatic rings. The zero-order chi connectivity index (χ0) is 22.8. The van der Waals surface area contributed by atoms with Gasteiger partial charge in [0.25, 0.3) is 5.91 Å². The van der Waals surface area contributed by atoms with Gasteiger partial charge in [0.15, 0.2) is 11.7 Å². The van der Waals surface area contributed by atoms with Crippen molar-refractivity contribution in [2.75, 3.05) is 11.9 Å². The van der Waals surface area contributed by atoms with Gasteiger partial charge in [-0.1, -0.05) is 30.3 Å². The summed E-state index contributed by atoms with van der Waals surface area (Å²) < 4.78 is 34.9. The van der Waals surface area contributed by atoms with E-state index in [4.69, 9.17) is 4.42 Å². The summed E-state index contributed by atoms with van der Waals surface area (Å²) in [6, 6.07) is 17.1. The van der Waals surface area contributed by atoms with Gasteiger partial charge in [-0.25, -0.2) is 4.99 Å². The van der Waals surface area contributed by atoms with Gasteiger partial charge in [0, 0.05) is 24.3 Å². The lowest BCUT2D eigenvalue weighted by Gasteiger charge is -2.14. The van der Waals surface area contributed by atoms with Crippen LogP contribution in [0.15, 0.2) is 76.3 Å². The molecule has 0 aliphatic heterocycles. The second-order valence-electron chi connectivity index (χ2n) is 6.67. The third-order valence-corrected chi connectivity index (χ3v) is 4.33. The summed E-state index contributed by atoms with van der Waals surface area (Å²) in [5.74, 6) is 0.522. The molecule has 0 radical (unpaired) electrons. The van der Waals surface area contributed by atoms with E-state index in [1.165, 1.54) is 12.3 Å². The standard InChI is InChI=1S/C23H24F2N4O3.HI/c1-2-26-23(28-15-17-8-3-4-10-19(17)32-22(24)25)27-14-16-7-5-9-18(13-16)29-21(30)20-11-6-12-31-20;/h3-13,22H,2,14-15H2,1H3,(H,29,30)(H2,26,27,28);1H. The van der Waals surface area contributed by atoms with Crippen LogP contribution in [0.4, 0.5) is 14.5 Å². The molecule has 0 fully saturated rings. The van der Waals surface area contributed by atoms with E-state index in [9.17, 15) is 13.6 Å². The first-order valence-electron chi connectivity index (χ1n) is 10.0. The van der Waals surface area contributed by atoms with Crippen LogP contribution in [0.2, 0.25) is 0 Å². The summed E-state index contributed by atoms with van der Waals surface area (Å²) in [5.41, 5.74) is 2.08. The number of alkyl halides is 2. The molecule has 3 rings (SSSR count). The zero-order valence-corrected chi connectivity index (χ0v) is 20.2. The third kappa shape index (κ3) is 8.37. The molecule has 1 amide bonds. The fraction of sp³-hybridized carbons (Fsp3) is 0.217. The van der Waals surface area contributed by atoms with Gasteiger partial charge in [0.1, 0.15) is 5.75 Å². The Kier molecular flexibility index (Phi) is 10.6. The Labute approximate surface area is 207 Å². The number of rotatable bonds is 9. The number of nitrogens with one attached hydrogen (secondary N) is 3. The van der Waals surface area contributed by atoms with E-state index in [-0.39, 0.29) is 47.9 Å². The normalized spacial score (nSPS) is 11.0. The highest BCUT2D eigenvalue weighted by Gasteiger charge is 2.10. The summed E-state index contributed by atoms with van der Waals surface area (Å²) >= 11 is 0. The number of carbonyl (C=O) groups is 1. The Morgan fingerprint density at radius 1 is 1.09 bits per heavy atom. The highest BCUT2D eigenvalue weighted by Crippen LogP contribution is 2.20. The predicted octanol–water partition coefficient (Wildman–Crippen LogP) is 5.01. The minimum atomic E-state index is -2.89. The lowest BCUT2D eigenvalue weighted by molar-refractivity contribution is -0.0504. The number of halogens is 3. The van der Waals surface area contributed by atoms with Gasteiger partial charge < -0.3 is 25.1 Å². The van der Waals surface area contributed by atoms with E-state index in [0.717, 1.165) is 5.56 Å². The molecule has 0 atom stereocenters. The molecule has 0 spiro atoms. The fourth-order valence-electron chi connectivity index (χ4n) is 2.90. The van der Waals surface area contributed by atoms with Crippen LogP contribution in [0.1, 0.15) is 28.6 Å². The number of guanidine groups is 1. The Bertz CT molecular complexity index is 1050. The first-order valence-corrected chi connectivity index (χ1v) is 10.0. The van der Waals surface area contributed by atoms with Crippen molar-refractivity contribution >= 4 is 41.5 Å². The quantitative estimate of drug-likeness (QED) is 0.192. The van der Waals surface area contributed by atoms with Crippen molar-refractivity contribution in [1.82, 2.24) is 10.6 Å². The second-order valence-corrected chi connectivity index (χ2v) is 6.67. The van der Waals surface area contributed by atoms with Crippen LogP contribution in [0.25, 0.3) is 0 Å². The number of para-hydroxylation sites is 1. The number of hydrogen-bond acceptors (Lipinski definition) is 4. The number of anilines is 1. The maximum Gasteiger partial charge on any atom is 0.387 e. The van der Waals surface area contributed by atoms with Crippen LogP contribution < -0.4 is 20.7 Å². The Morgan fingerprint density at radius 2 is 1.91 bits per heavy atom. The van der Waals surface area contributed by atoms with Crippen molar-refractivity contribution in [3.63, 3.8) is 0 Å². The summed E-state index contributed by atoms with van der Waals surface area (Å²) in [6.07, 6.45) is 1.44. The predicted molar refractivity (Wildman–Crippen MR) is 133 cm³/mol. The maximum atomic E-state index is 12.6. The summed E-state index contributed by atoms with van der Waals surface area (Å²) in [4.78, 5) is 16.7. The largest absolute Gasteiger partial charge is 0.459 e. The van der Waals surface area contributed by atoms with E-state index in [1.54, 1.807) is 36.4 Å². The molecular weight excluding hydrogens is 545 g/mol. The molecule has 0 bridgehead atoms. The highest BCUT2D eigenvalue weighted by molar-refractivity contribution is 14.0. The summed E-state index contributed by atoms with van der Waals surface area (Å²) in [6.45, 7) is 0.262. The number of hydrogen-bond donors (Lipinski definition) is 3. The van der Waals surface area contributed by atoms with Crippen LogP contribution in [0, 0.1) is 0 Å². The van der Waals surface area contributed by atoms with Crippen LogP contribution >= 0.6 is 24.0 Å². The monoisotopic (exact) mass is 570 g/mol. The summed E-state index contributed by atoms with van der Waals surface area (Å²) in [7, 11) is 0. The number of benzene rings is 2. The van der Waals surface area contributed by atoms with E-state index in [2.05, 4.69) is 25.7 Å². The number of amides is 1. The lowest BCUT2D eigenvalue weighted by atomic mass is 10.2. The van der Waals surface area contributed by atoms with Crippen molar-refractivity contribution in [1.29, 1.82) is 0 Å². The topological polar surface area (TPSA) is 87.9 Å². The van der Waals surface area contributed by atoms with E-state index >= 15 is 0 Å². The molecule has 1 aromatic heterocycles. The Balaban J connectivity index is 0.00000385. The van der Waals surface area contributed by atoms with Gasteiger partial charge in [0.2, 0.25) is 0 Å². The van der Waals surface area contributed by atoms with Crippen molar-refractivity contribution in [2.24, 2.45) is 4.99 Å². The van der Waals surface area contributed by atoms with Crippen LogP contribution in [0.5, 0.6) is 5.75 Å². The van der Waals surface area contributed by atoms with Crippen LogP contribution in [-0.2, 0) is 13.1 Å². The second kappa shape index (κ2) is 13.4. The minimum absolute atomic E-state index is 0. The van der Waals surface area contributed by atoms with Crippen molar-refractivity contribution in [2.45, 2.75) is 26.6 Å². The van der Waals surface area contributed by atoms with E-state index in [1.807, 2.05) is 25.1 Å². The zero-order valence-electron chi connectivity index (χ0n) is 17.9. The summed E-state index contributed by atoms with van der Waals surface area (Å²) in [5, 5.41) is 9.01. The fourth-order valence-corrected chi connectivity index (χ4v) is 2.90. The molecule has 0 saturated carbocycles. The molecule has 2 aromatic carbocycles. The minimum Gasteiger partial charge on any atom is -0.459 e. The Morgan fingerprint density at radius 3 is 2.64 bits per heavy atom. The number of nitrogens with zero attached hydrogens (tertiary/aromatic N) is 1. The maximum absolute atomic E-state index is 12.6. The van der Waals surface area contributed by atoms with Gasteiger partial charge in [-0.05, 0) is 42.8 Å². The SMILES string of the molecule is CCNC(=NCc1cccc(NC(=O)c2ccco2)c1)NCc1ccccc1OC(F)F.I. The average Bonchev–Trinajstić information content (AvgIpc) is 3.32. The molecule has 3 aromatic rings. The molecule has 0 saturated heterocycles. The molecule has 0 aliphatic carbocycles. The number of furan rings is 1. The van der Waals surface area contributed by atoms with E-state index < -0.39 is 6.61 Å². The van der Waals surface area contributed by atoms with E-state index in [0.29, 0.717) is 30.3 Å². The number of ether oxygens (including phenoxy) is 1. The number of aliphatic imine (C=N–C) groups is 1. The van der Waals surface area contributed by atoms with Crippen LogP contribution in [-0.4, -0.2) is 25.0 Å². The van der Waals surface area contributed by atoms with Gasteiger partial charge >= 0.3 is 6.61 Å². The van der Waals surface area contributed by atoms with Crippen molar-refractivity contribution in [3.8, 4) is 5.75 Å². The molecule has 1 heterocycles. The molecule has 33 heavy (non-hydrogen) atoms. The number of carbonyl (C=O) groups excluding carboxylic acids is 1. The first kappa shape index (κ1) is 26.1. The molecule has 3 N–H and O–H groups in total. The van der Waals surface area contributed by atoms with Gasteiger partial charge in [-0.3, -0.25) is 4.79 Å². The lowest BCUT2D eigenvalue weighted by Crippen LogP contribution is -2.36. The van der Waals surface area contributed by atoms with Crippen molar-refractivity contribution in [3.05, 3.63) is 83.8 Å². The van der Waals surface area contributed by atoms with Gasteiger partial charge in [0.05, 0.1) is 12.8 Å². The Hall–Kier alpha value is -3.15. The molecule has 0 unspecified atom stereocenters. The molecule has 10 heteroatoms. The molecular formula is C23H25F2IN4O3. The van der Waals surface area contributed by atoms with Crippen molar-refractivity contribution < 1.29 is 22.7 Å². The first-order chi connectivity index (χ1) is 15.5.